The van der Waals surface area contributed by atoms with Crippen molar-refractivity contribution in [1.29, 1.82) is 0 Å². The number of aliphatic hydroxyl groups is 3. The van der Waals surface area contributed by atoms with Crippen molar-refractivity contribution in [3.8, 4) is 0 Å². The number of amides is 5. The molecule has 6 rings (SSSR count). The number of nitrogens with one attached hydrogen (secondary N) is 5. The fourth-order valence-corrected chi connectivity index (χ4v) is 12.2. The predicted octanol–water partition coefficient (Wildman–Crippen LogP) is 1.04. The number of carbonyl (C=O) groups excluding carboxylic acids is 11. The van der Waals surface area contributed by atoms with Crippen LogP contribution in [0.4, 0.5) is 4.79 Å². The quantitative estimate of drug-likeness (QED) is 0.0268. The van der Waals surface area contributed by atoms with Crippen LogP contribution in [0.5, 0.6) is 0 Å². The third-order valence-corrected chi connectivity index (χ3v) is 16.6. The van der Waals surface area contributed by atoms with Crippen LogP contribution >= 0.6 is 0 Å². The van der Waals surface area contributed by atoms with Gasteiger partial charge in [0.05, 0.1) is 49.3 Å². The highest BCUT2D eigenvalue weighted by Gasteiger charge is 2.78. The first kappa shape index (κ1) is 71.2. The van der Waals surface area contributed by atoms with Gasteiger partial charge in [-0.15, -0.1) is 0 Å². The number of hydrogen-bond acceptors (Lipinski definition) is 23. The molecule has 28 nitrogen and oxygen atoms in total. The summed E-state index contributed by atoms with van der Waals surface area (Å²) in [5, 5.41) is 50.7. The average Bonchev–Trinajstić information content (AvgIpc) is 0.672. The first-order chi connectivity index (χ1) is 42.3. The monoisotopic (exact) mass is 1270 g/mol. The molecule has 8 N–H and O–H groups in total. The number of methoxy groups -OCH3 is 1. The summed E-state index contributed by atoms with van der Waals surface area (Å²) in [6.45, 7) is 9.98. The van der Waals surface area contributed by atoms with Gasteiger partial charge < -0.3 is 84.5 Å². The van der Waals surface area contributed by atoms with Crippen LogP contribution in [0.25, 0.3) is 0 Å². The molecule has 1 aliphatic heterocycles. The Morgan fingerprint density at radius 3 is 2.03 bits per heavy atom. The minimum Gasteiger partial charge on any atom is -0.464 e. The van der Waals surface area contributed by atoms with E-state index in [-0.39, 0.29) is 74.3 Å². The second-order valence-electron chi connectivity index (χ2n) is 24.2. The van der Waals surface area contributed by atoms with E-state index < -0.39 is 180 Å². The summed E-state index contributed by atoms with van der Waals surface area (Å²) in [6.07, 6.45) is -12.0. The summed E-state index contributed by atoms with van der Waals surface area (Å²) >= 11 is 0. The van der Waals surface area contributed by atoms with Gasteiger partial charge in [-0.1, -0.05) is 62.4 Å². The summed E-state index contributed by atoms with van der Waals surface area (Å²) in [4.78, 5) is 148. The lowest BCUT2D eigenvalue weighted by Crippen LogP contribution is -2.81. The normalized spacial score (nSPS) is 25.8. The smallest absolute Gasteiger partial charge is 0.408 e. The van der Waals surface area contributed by atoms with Gasteiger partial charge in [-0.05, 0) is 89.6 Å². The molecule has 0 spiro atoms. The molecule has 1 saturated heterocycles. The molecule has 2 saturated carbocycles. The maximum atomic E-state index is 15.3. The SMILES string of the molecule is CCOC(=O)[C@H](CCCCNC(=O)COCC(=O)O[C@@H](C(=O)O[C@H]1C[C@@]2(O)[C@@H](OC(=O)c3ccccc3)[C@@H]3[C@]4(OC(C)=O)CO[C@@H]4C[C@H](O)[C@@]3(C)C(=O)[C@H](O)C(=C1C)C2(C)C)C(NC(=O)OC(C)(C)C)c1ccccc1)NC(=O)CNC(=O)CNC(=O)COC. The van der Waals surface area contributed by atoms with Crippen molar-refractivity contribution in [3.63, 3.8) is 0 Å². The lowest BCUT2D eigenvalue weighted by atomic mass is 9.44. The van der Waals surface area contributed by atoms with Gasteiger partial charge in [0, 0.05) is 38.8 Å². The summed E-state index contributed by atoms with van der Waals surface area (Å²) in [7, 11) is 1.31. The van der Waals surface area contributed by atoms with Crippen molar-refractivity contribution in [2.24, 2.45) is 16.7 Å². The minimum atomic E-state index is -2.53. The molecule has 4 aliphatic rings. The molecule has 28 heteroatoms. The molecule has 0 radical (unpaired) electrons. The molecule has 2 aromatic carbocycles. The second-order valence-corrected chi connectivity index (χ2v) is 24.2. The van der Waals surface area contributed by atoms with Crippen LogP contribution in [0.2, 0.25) is 0 Å². The van der Waals surface area contributed by atoms with Crippen molar-refractivity contribution >= 4 is 65.4 Å². The first-order valence-electron chi connectivity index (χ1n) is 29.5. The minimum absolute atomic E-state index is 0.00401. The molecule has 2 bridgehead atoms. The van der Waals surface area contributed by atoms with Gasteiger partial charge in [0.1, 0.15) is 67.5 Å². The van der Waals surface area contributed by atoms with Gasteiger partial charge in [0.25, 0.3) is 0 Å². The van der Waals surface area contributed by atoms with Gasteiger partial charge >= 0.3 is 35.9 Å². The molecular weight excluding hydrogens is 1180 g/mol. The van der Waals surface area contributed by atoms with E-state index in [9.17, 15) is 58.5 Å². The topological polar surface area (TPSA) is 392 Å². The Kier molecular flexibility index (Phi) is 24.0. The lowest BCUT2D eigenvalue weighted by molar-refractivity contribution is -0.346. The van der Waals surface area contributed by atoms with E-state index in [0.717, 1.165) is 6.92 Å². The maximum Gasteiger partial charge on any atom is 0.408 e. The van der Waals surface area contributed by atoms with E-state index in [1.807, 2.05) is 0 Å². The fourth-order valence-electron chi connectivity index (χ4n) is 12.2. The largest absolute Gasteiger partial charge is 0.464 e. The Bertz CT molecular complexity index is 3010. The fraction of sp³-hybridized carbons (Fsp3) is 0.597. The zero-order valence-corrected chi connectivity index (χ0v) is 52.2. The highest BCUT2D eigenvalue weighted by atomic mass is 16.6. The maximum absolute atomic E-state index is 15.3. The molecule has 90 heavy (non-hydrogen) atoms. The van der Waals surface area contributed by atoms with Crippen LogP contribution in [-0.4, -0.2) is 200 Å². The number of rotatable bonds is 27. The number of fused-ring (bicyclic) bond motifs is 5. The zero-order chi connectivity index (χ0) is 66.5. The number of benzene rings is 2. The number of Topliss-reactive ketones (excluding diaryl/α,β-unsaturated/α-hetero) is 1. The van der Waals surface area contributed by atoms with Crippen LogP contribution in [0, 0.1) is 16.7 Å². The van der Waals surface area contributed by atoms with Crippen molar-refractivity contribution in [1.82, 2.24) is 26.6 Å². The first-order valence-corrected chi connectivity index (χ1v) is 29.5. The van der Waals surface area contributed by atoms with Crippen LogP contribution in [0.1, 0.15) is 116 Å². The number of ether oxygens (including phenoxy) is 9. The number of ketones is 1. The van der Waals surface area contributed by atoms with E-state index in [1.165, 1.54) is 59.1 Å². The molecular formula is C62H83N5O23. The van der Waals surface area contributed by atoms with Crippen LogP contribution in [0.15, 0.2) is 71.8 Å². The van der Waals surface area contributed by atoms with E-state index >= 15 is 9.59 Å². The highest BCUT2D eigenvalue weighted by molar-refractivity contribution is 5.94. The van der Waals surface area contributed by atoms with Crippen molar-refractivity contribution in [2.75, 3.05) is 59.8 Å². The van der Waals surface area contributed by atoms with Crippen molar-refractivity contribution < 1.29 is 111 Å². The summed E-state index contributed by atoms with van der Waals surface area (Å²) in [5.41, 5.74) is -9.35. The standard InChI is InChI=1S/C62H83N5O23/c1-11-84-55(78)38(66-43(71)29-64-42(70)28-65-44(72)30-82-10)24-18-19-25-63-45(73)31-83-32-46(74)87-50(48(36-20-14-12-15-21-36)67-57(80)90-58(4,5)6)56(79)86-39-27-62(81)53(88-54(77)37-22-16-13-17-23-37)51-60(9,52(76)49(75)47(34(39)2)59(62,7)8)40(69)26-41-61(51,33-85-41)89-35(3)68/h12-17,20-23,38-41,48-51,53,69,75,81H,11,18-19,24-33H2,1-10H3,(H,63,73)(H,64,70)(H,65,72)(H,66,71)(H,67,80)/t38-,39-,40-,41+,48?,49+,50+,51-,53-,60+,61-,62+/m0/s1. The lowest BCUT2D eigenvalue weighted by Gasteiger charge is -2.67. The highest BCUT2D eigenvalue weighted by Crippen LogP contribution is 2.64. The third kappa shape index (κ3) is 16.5. The molecule has 2 aromatic rings. The van der Waals surface area contributed by atoms with Crippen LogP contribution in [0.3, 0.4) is 0 Å². The van der Waals surface area contributed by atoms with E-state index in [2.05, 4.69) is 31.3 Å². The Balaban J connectivity index is 1.23. The average molecular weight is 1270 g/mol. The number of unbranched alkanes of at least 4 members (excludes halogenated alkanes) is 1. The van der Waals surface area contributed by atoms with Gasteiger partial charge in [0.2, 0.25) is 29.7 Å². The molecule has 1 heterocycles. The molecule has 1 unspecified atom stereocenters. The predicted molar refractivity (Wildman–Crippen MR) is 312 cm³/mol. The second kappa shape index (κ2) is 30.3. The molecule has 3 fully saturated rings. The number of carbonyl (C=O) groups is 11. The number of aliphatic hydroxyl groups excluding tert-OH is 2. The molecule has 5 amide bonds. The summed E-state index contributed by atoms with van der Waals surface area (Å²) < 4.78 is 51.2. The van der Waals surface area contributed by atoms with Gasteiger partial charge in [-0.25, -0.2) is 24.0 Å². The van der Waals surface area contributed by atoms with E-state index in [4.69, 9.17) is 37.9 Å². The number of hydrogen-bond donors (Lipinski definition) is 8. The van der Waals surface area contributed by atoms with Gasteiger partial charge in [-0.2, -0.15) is 0 Å². The van der Waals surface area contributed by atoms with Crippen molar-refractivity contribution in [2.45, 2.75) is 160 Å². The summed E-state index contributed by atoms with van der Waals surface area (Å²) in [5.74, 6) is -10.5. The molecule has 3 aliphatic carbocycles. The van der Waals surface area contributed by atoms with Crippen LogP contribution in [-0.2, 0) is 85.8 Å². The van der Waals surface area contributed by atoms with Crippen molar-refractivity contribution in [3.05, 3.63) is 82.9 Å². The molecule has 12 atom stereocenters. The van der Waals surface area contributed by atoms with Gasteiger partial charge in [0.15, 0.2) is 11.4 Å². The Morgan fingerprint density at radius 2 is 1.42 bits per heavy atom. The van der Waals surface area contributed by atoms with Gasteiger partial charge in [-0.3, -0.25) is 28.8 Å². The van der Waals surface area contributed by atoms with E-state index in [1.54, 1.807) is 64.1 Å². The van der Waals surface area contributed by atoms with E-state index in [0.29, 0.717) is 0 Å². The zero-order valence-electron chi connectivity index (χ0n) is 52.2. The number of esters is 5. The third-order valence-electron chi connectivity index (χ3n) is 16.6. The van der Waals surface area contributed by atoms with Crippen LogP contribution < -0.4 is 26.6 Å². The Morgan fingerprint density at radius 1 is 0.789 bits per heavy atom. The number of alkyl carbamates (subject to hydrolysis) is 1. The molecule has 494 valence electrons. The molecule has 0 aromatic heterocycles. The Hall–Kier alpha value is -7.89. The summed E-state index contributed by atoms with van der Waals surface area (Å²) in [6, 6.07) is 12.7. The Labute approximate surface area is 520 Å².